The highest BCUT2D eigenvalue weighted by Gasteiger charge is 2.27. The van der Waals surface area contributed by atoms with E-state index in [9.17, 15) is 4.79 Å². The number of carbonyl (C=O) groups is 1. The number of hydrogen-bond donors (Lipinski definition) is 2. The minimum absolute atomic E-state index is 0.206. The van der Waals surface area contributed by atoms with Gasteiger partial charge in [-0.3, -0.25) is 4.79 Å². The Bertz CT molecular complexity index is 440. The molecule has 0 radical (unpaired) electrons. The van der Waals surface area contributed by atoms with Gasteiger partial charge in [0.25, 0.3) is 5.91 Å². The van der Waals surface area contributed by atoms with Crippen LogP contribution >= 0.6 is 0 Å². The van der Waals surface area contributed by atoms with Crippen LogP contribution in [0.15, 0.2) is 24.3 Å². The minimum Gasteiger partial charge on any atom is -0.485 e. The Hall–Kier alpha value is -1.75. The third-order valence-corrected chi connectivity index (χ3v) is 2.52. The van der Waals surface area contributed by atoms with Gasteiger partial charge in [-0.15, -0.1) is 0 Å². The second-order valence-corrected chi connectivity index (χ2v) is 5.07. The second-order valence-electron chi connectivity index (χ2n) is 5.07. The van der Waals surface area contributed by atoms with Gasteiger partial charge in [-0.1, -0.05) is 12.1 Å². The highest BCUT2D eigenvalue weighted by molar-refractivity contribution is 5.81. The van der Waals surface area contributed by atoms with Gasteiger partial charge in [-0.05, 0) is 26.0 Å². The zero-order valence-electron chi connectivity index (χ0n) is 10.6. The van der Waals surface area contributed by atoms with Crippen LogP contribution < -0.4 is 20.5 Å². The number of hydrogen-bond acceptors (Lipinski definition) is 4. The zero-order chi connectivity index (χ0) is 13.2. The number of nitrogens with two attached hydrogens (primary N) is 1. The summed E-state index contributed by atoms with van der Waals surface area (Å²) in [5, 5.41) is 2.75. The summed E-state index contributed by atoms with van der Waals surface area (Å²) in [5.74, 6) is 1.06. The lowest BCUT2D eigenvalue weighted by atomic mass is 10.1. The smallest absolute Gasteiger partial charge is 0.264 e. The fourth-order valence-electron chi connectivity index (χ4n) is 1.58. The van der Waals surface area contributed by atoms with Crippen molar-refractivity contribution in [3.8, 4) is 11.5 Å². The molecule has 1 aliphatic rings. The van der Waals surface area contributed by atoms with E-state index in [0.717, 1.165) is 0 Å². The standard InChI is InChI=1S/C13H18N2O3/c1-13(2,14)8-15-12(16)11-7-17-9-5-3-4-6-10(9)18-11/h3-6,11H,7-8,14H2,1-2H3,(H,15,16). The molecule has 18 heavy (non-hydrogen) atoms. The van der Waals surface area contributed by atoms with Crippen molar-refractivity contribution < 1.29 is 14.3 Å². The van der Waals surface area contributed by atoms with Crippen molar-refractivity contribution in [2.45, 2.75) is 25.5 Å². The molecule has 3 N–H and O–H groups in total. The van der Waals surface area contributed by atoms with Crippen molar-refractivity contribution in [2.75, 3.05) is 13.2 Å². The molecule has 0 bridgehead atoms. The monoisotopic (exact) mass is 250 g/mol. The first-order valence-electron chi connectivity index (χ1n) is 5.91. The van der Waals surface area contributed by atoms with Crippen LogP contribution in [0.5, 0.6) is 11.5 Å². The molecule has 1 amide bonds. The molecule has 1 aromatic carbocycles. The third-order valence-electron chi connectivity index (χ3n) is 2.52. The molecule has 1 atom stereocenters. The van der Waals surface area contributed by atoms with Crippen LogP contribution in [0.2, 0.25) is 0 Å². The van der Waals surface area contributed by atoms with Gasteiger partial charge in [0.15, 0.2) is 11.5 Å². The summed E-state index contributed by atoms with van der Waals surface area (Å²) in [6.45, 7) is 4.31. The van der Waals surface area contributed by atoms with Crippen LogP contribution in [0, 0.1) is 0 Å². The Morgan fingerprint density at radius 2 is 2.11 bits per heavy atom. The maximum atomic E-state index is 11.9. The van der Waals surface area contributed by atoms with Gasteiger partial charge < -0.3 is 20.5 Å². The number of nitrogens with one attached hydrogen (secondary N) is 1. The Morgan fingerprint density at radius 1 is 1.44 bits per heavy atom. The van der Waals surface area contributed by atoms with Gasteiger partial charge in [0.2, 0.25) is 6.10 Å². The molecule has 5 nitrogen and oxygen atoms in total. The van der Waals surface area contributed by atoms with Crippen molar-refractivity contribution in [3.63, 3.8) is 0 Å². The first kappa shape index (κ1) is 12.7. The predicted octanol–water partition coefficient (Wildman–Crippen LogP) is 0.680. The van der Waals surface area contributed by atoms with Crippen LogP contribution in [0.3, 0.4) is 0 Å². The van der Waals surface area contributed by atoms with E-state index in [1.165, 1.54) is 0 Å². The summed E-state index contributed by atoms with van der Waals surface area (Å²) in [4.78, 5) is 11.9. The summed E-state index contributed by atoms with van der Waals surface area (Å²) < 4.78 is 11.1. The normalized spacial score (nSPS) is 18.3. The zero-order valence-corrected chi connectivity index (χ0v) is 10.6. The third kappa shape index (κ3) is 3.13. The molecule has 0 fully saturated rings. The first-order valence-corrected chi connectivity index (χ1v) is 5.91. The average molecular weight is 250 g/mol. The topological polar surface area (TPSA) is 73.6 Å². The molecule has 2 rings (SSSR count). The van der Waals surface area contributed by atoms with E-state index < -0.39 is 11.6 Å². The highest BCUT2D eigenvalue weighted by Crippen LogP contribution is 2.30. The van der Waals surface area contributed by atoms with Crippen LogP contribution in [0.1, 0.15) is 13.8 Å². The largest absolute Gasteiger partial charge is 0.485 e. The van der Waals surface area contributed by atoms with Crippen molar-refractivity contribution in [1.82, 2.24) is 5.32 Å². The summed E-state index contributed by atoms with van der Waals surface area (Å²) in [5.41, 5.74) is 5.36. The molecule has 0 saturated carbocycles. The maximum Gasteiger partial charge on any atom is 0.264 e. The van der Waals surface area contributed by atoms with Crippen molar-refractivity contribution >= 4 is 5.91 Å². The SMILES string of the molecule is CC(C)(N)CNC(=O)C1COc2ccccc2O1. The van der Waals surface area contributed by atoms with Gasteiger partial charge in [-0.25, -0.2) is 0 Å². The number of fused-ring (bicyclic) bond motifs is 1. The van der Waals surface area contributed by atoms with Gasteiger partial charge in [0.05, 0.1) is 0 Å². The Kier molecular flexibility index (Phi) is 3.43. The lowest BCUT2D eigenvalue weighted by molar-refractivity contribution is -0.130. The number of carbonyl (C=O) groups excluding carboxylic acids is 1. The predicted molar refractivity (Wildman–Crippen MR) is 67.6 cm³/mol. The number of rotatable bonds is 3. The lowest BCUT2D eigenvalue weighted by Crippen LogP contribution is -2.50. The summed E-state index contributed by atoms with van der Waals surface area (Å²) in [6.07, 6.45) is -0.623. The van der Waals surface area contributed by atoms with Crippen LogP contribution in [-0.4, -0.2) is 30.7 Å². The molecule has 1 unspecified atom stereocenters. The molecule has 0 spiro atoms. The van der Waals surface area contributed by atoms with Gasteiger partial charge in [-0.2, -0.15) is 0 Å². The number of ether oxygens (including phenoxy) is 2. The van der Waals surface area contributed by atoms with E-state index in [0.29, 0.717) is 18.0 Å². The maximum absolute atomic E-state index is 11.9. The summed E-state index contributed by atoms with van der Waals surface area (Å²) in [6, 6.07) is 7.29. The second kappa shape index (κ2) is 4.86. The van der Waals surface area contributed by atoms with Crippen LogP contribution in [-0.2, 0) is 4.79 Å². The van der Waals surface area contributed by atoms with Gasteiger partial charge in [0, 0.05) is 12.1 Å². The minimum atomic E-state index is -0.623. The van der Waals surface area contributed by atoms with Crippen molar-refractivity contribution in [2.24, 2.45) is 5.73 Å². The number of amides is 1. The molecule has 1 aliphatic heterocycles. The van der Waals surface area contributed by atoms with E-state index in [-0.39, 0.29) is 12.5 Å². The van der Waals surface area contributed by atoms with E-state index >= 15 is 0 Å². The fraction of sp³-hybridized carbons (Fsp3) is 0.462. The lowest BCUT2D eigenvalue weighted by Gasteiger charge is -2.27. The first-order chi connectivity index (χ1) is 8.46. The fourth-order valence-corrected chi connectivity index (χ4v) is 1.58. The van der Waals surface area contributed by atoms with Crippen molar-refractivity contribution in [3.05, 3.63) is 24.3 Å². The number of para-hydroxylation sites is 2. The van der Waals surface area contributed by atoms with E-state index in [1.807, 2.05) is 32.0 Å². The summed E-state index contributed by atoms with van der Waals surface area (Å²) >= 11 is 0. The Morgan fingerprint density at radius 3 is 2.78 bits per heavy atom. The van der Waals surface area contributed by atoms with Gasteiger partial charge >= 0.3 is 0 Å². The van der Waals surface area contributed by atoms with Crippen LogP contribution in [0.25, 0.3) is 0 Å². The molecule has 5 heteroatoms. The number of benzene rings is 1. The van der Waals surface area contributed by atoms with E-state index in [2.05, 4.69) is 5.32 Å². The molecule has 0 saturated heterocycles. The van der Waals surface area contributed by atoms with Gasteiger partial charge in [0.1, 0.15) is 6.61 Å². The van der Waals surface area contributed by atoms with E-state index in [1.54, 1.807) is 6.07 Å². The molecule has 1 aromatic rings. The summed E-state index contributed by atoms with van der Waals surface area (Å²) in [7, 11) is 0. The molecular formula is C13H18N2O3. The van der Waals surface area contributed by atoms with Crippen LogP contribution in [0.4, 0.5) is 0 Å². The van der Waals surface area contributed by atoms with Crippen molar-refractivity contribution in [1.29, 1.82) is 0 Å². The highest BCUT2D eigenvalue weighted by atomic mass is 16.6. The quantitative estimate of drug-likeness (QED) is 0.827. The molecule has 0 aliphatic carbocycles. The Balaban J connectivity index is 1.95. The molecule has 98 valence electrons. The Labute approximate surface area is 106 Å². The molecule has 1 heterocycles. The average Bonchev–Trinajstić information content (AvgIpc) is 2.34. The molecule has 0 aromatic heterocycles. The van der Waals surface area contributed by atoms with E-state index in [4.69, 9.17) is 15.2 Å². The molecular weight excluding hydrogens is 232 g/mol.